The van der Waals surface area contributed by atoms with Gasteiger partial charge in [-0.1, -0.05) is 44.9 Å². The average molecular weight is 431 g/mol. The molecule has 0 N–H and O–H groups in total. The minimum absolute atomic E-state index is 0.0645. The van der Waals surface area contributed by atoms with E-state index in [0.29, 0.717) is 13.0 Å². The molecule has 0 atom stereocenters. The molecule has 2 rings (SSSR count). The minimum atomic E-state index is -0.689. The highest BCUT2D eigenvalue weighted by atomic mass is 16.2. The van der Waals surface area contributed by atoms with Crippen molar-refractivity contribution < 1.29 is 19.2 Å². The average Bonchev–Trinajstić information content (AvgIpc) is 3.21. The van der Waals surface area contributed by atoms with Crippen molar-refractivity contribution in [2.45, 2.75) is 65.2 Å². The van der Waals surface area contributed by atoms with Gasteiger partial charge in [-0.25, -0.2) is 5.01 Å². The van der Waals surface area contributed by atoms with Crippen molar-refractivity contribution in [2.75, 3.05) is 6.54 Å². The molecule has 0 spiro atoms. The van der Waals surface area contributed by atoms with Gasteiger partial charge in [-0.3, -0.25) is 24.1 Å². The van der Waals surface area contributed by atoms with Crippen molar-refractivity contribution in [3.63, 3.8) is 0 Å². The standard InChI is InChI=1S/C25H25N3O4/c1-3-5-7-9-11-13-15-19-28-25(32)21(20-26-22(29)16-17-23(26)30)24(31)27(28)18-14-12-10-8-6-4-2/h20H,4,6,8,10,12,14,16-18H2,1-2H3/b21-20-. The van der Waals surface area contributed by atoms with Gasteiger partial charge in [-0.05, 0) is 31.1 Å². The quantitative estimate of drug-likeness (QED) is 0.194. The van der Waals surface area contributed by atoms with Gasteiger partial charge >= 0.3 is 0 Å². The van der Waals surface area contributed by atoms with Crippen LogP contribution in [0.1, 0.15) is 65.2 Å². The van der Waals surface area contributed by atoms with Gasteiger partial charge in [0.15, 0.2) is 0 Å². The summed E-state index contributed by atoms with van der Waals surface area (Å²) in [5.74, 6) is 15.5. The Labute approximate surface area is 189 Å². The highest BCUT2D eigenvalue weighted by Gasteiger charge is 2.42. The van der Waals surface area contributed by atoms with Crippen molar-refractivity contribution >= 4 is 23.6 Å². The van der Waals surface area contributed by atoms with Crippen LogP contribution in [0.3, 0.4) is 0 Å². The number of imide groups is 1. The Balaban J connectivity index is 2.20. The molecule has 4 amide bonds. The Morgan fingerprint density at radius 1 is 0.781 bits per heavy atom. The summed E-state index contributed by atoms with van der Waals surface area (Å²) in [6, 6.07) is 2.57. The maximum Gasteiger partial charge on any atom is 0.291 e. The van der Waals surface area contributed by atoms with Crippen LogP contribution in [0.25, 0.3) is 0 Å². The van der Waals surface area contributed by atoms with Crippen LogP contribution in [0.2, 0.25) is 0 Å². The van der Waals surface area contributed by atoms with Crippen LogP contribution in [-0.2, 0) is 19.2 Å². The van der Waals surface area contributed by atoms with Crippen LogP contribution in [0.15, 0.2) is 11.8 Å². The summed E-state index contributed by atoms with van der Waals surface area (Å²) < 4.78 is 0. The van der Waals surface area contributed by atoms with Gasteiger partial charge in [-0.2, -0.15) is 5.01 Å². The van der Waals surface area contributed by atoms with Gasteiger partial charge in [0.1, 0.15) is 5.57 Å². The van der Waals surface area contributed by atoms with Crippen LogP contribution in [-0.4, -0.2) is 45.1 Å². The molecule has 2 heterocycles. The van der Waals surface area contributed by atoms with Gasteiger partial charge in [0, 0.05) is 43.3 Å². The van der Waals surface area contributed by atoms with Gasteiger partial charge in [0.25, 0.3) is 11.8 Å². The van der Waals surface area contributed by atoms with Crippen molar-refractivity contribution in [2.24, 2.45) is 0 Å². The van der Waals surface area contributed by atoms with E-state index < -0.39 is 23.6 Å². The number of likely N-dealkylation sites (tertiary alicyclic amines) is 1. The fourth-order valence-electron chi connectivity index (χ4n) is 3.15. The largest absolute Gasteiger partial charge is 0.291 e. The third-order valence-electron chi connectivity index (χ3n) is 4.80. The molecule has 2 aliphatic rings. The predicted octanol–water partition coefficient (Wildman–Crippen LogP) is 1.96. The molecule has 32 heavy (non-hydrogen) atoms. The van der Waals surface area contributed by atoms with Crippen LogP contribution < -0.4 is 0 Å². The monoisotopic (exact) mass is 431 g/mol. The molecule has 0 aromatic rings. The van der Waals surface area contributed by atoms with Crippen molar-refractivity contribution in [3.05, 3.63) is 11.8 Å². The first-order valence-electron chi connectivity index (χ1n) is 10.7. The Morgan fingerprint density at radius 3 is 2.03 bits per heavy atom. The zero-order valence-corrected chi connectivity index (χ0v) is 18.4. The van der Waals surface area contributed by atoms with E-state index in [2.05, 4.69) is 54.4 Å². The topological polar surface area (TPSA) is 78.0 Å². The molecule has 0 aromatic carbocycles. The highest BCUT2D eigenvalue weighted by Crippen LogP contribution is 2.23. The van der Waals surface area contributed by atoms with E-state index in [-0.39, 0.29) is 18.4 Å². The molecule has 0 saturated carbocycles. The lowest BCUT2D eigenvalue weighted by Gasteiger charge is -2.21. The van der Waals surface area contributed by atoms with Crippen molar-refractivity contribution in [1.82, 2.24) is 14.9 Å². The summed E-state index contributed by atoms with van der Waals surface area (Å²) >= 11 is 0. The first-order chi connectivity index (χ1) is 15.5. The second-order valence-electron chi connectivity index (χ2n) is 7.13. The van der Waals surface area contributed by atoms with Crippen LogP contribution >= 0.6 is 0 Å². The van der Waals surface area contributed by atoms with Crippen molar-refractivity contribution in [3.8, 4) is 47.5 Å². The van der Waals surface area contributed by atoms with Gasteiger partial charge < -0.3 is 0 Å². The number of rotatable bonds is 8. The molecule has 0 radical (unpaired) electrons. The summed E-state index contributed by atoms with van der Waals surface area (Å²) in [6.45, 7) is 4.09. The van der Waals surface area contributed by atoms with Crippen LogP contribution in [0, 0.1) is 47.5 Å². The third-order valence-corrected chi connectivity index (χ3v) is 4.80. The molecular formula is C25H25N3O4. The minimum Gasteiger partial charge on any atom is -0.274 e. The maximum atomic E-state index is 12.9. The maximum absolute atomic E-state index is 12.9. The van der Waals surface area contributed by atoms with E-state index in [1.165, 1.54) is 5.01 Å². The number of unbranched alkanes of at least 4 members (excludes halogenated alkanes) is 5. The zero-order chi connectivity index (χ0) is 23.3. The Bertz CT molecular complexity index is 1040. The summed E-state index contributed by atoms with van der Waals surface area (Å²) in [7, 11) is 0. The van der Waals surface area contributed by atoms with Crippen molar-refractivity contribution in [1.29, 1.82) is 0 Å². The summed E-state index contributed by atoms with van der Waals surface area (Å²) in [5, 5.41) is 2.24. The third kappa shape index (κ3) is 6.53. The van der Waals surface area contributed by atoms with E-state index in [4.69, 9.17) is 0 Å². The number of hydrazine groups is 1. The summed E-state index contributed by atoms with van der Waals surface area (Å²) in [6.07, 6.45) is 7.24. The molecule has 7 heteroatoms. The predicted molar refractivity (Wildman–Crippen MR) is 118 cm³/mol. The fourth-order valence-corrected chi connectivity index (χ4v) is 3.15. The molecule has 2 fully saturated rings. The number of nitrogens with zero attached hydrogens (tertiary/aromatic N) is 3. The number of hydrogen-bond donors (Lipinski definition) is 0. The van der Waals surface area contributed by atoms with Crippen LogP contribution in [0.5, 0.6) is 0 Å². The van der Waals surface area contributed by atoms with E-state index in [0.717, 1.165) is 48.2 Å². The number of carbonyl (C=O) groups is 4. The first-order valence-corrected chi connectivity index (χ1v) is 10.7. The van der Waals surface area contributed by atoms with E-state index >= 15 is 0 Å². The van der Waals surface area contributed by atoms with Crippen LogP contribution in [0.4, 0.5) is 0 Å². The van der Waals surface area contributed by atoms with E-state index in [9.17, 15) is 19.2 Å². The lowest BCUT2D eigenvalue weighted by molar-refractivity contribution is -0.140. The van der Waals surface area contributed by atoms with Gasteiger partial charge in [-0.15, -0.1) is 0 Å². The second kappa shape index (κ2) is 12.7. The molecule has 164 valence electrons. The smallest absolute Gasteiger partial charge is 0.274 e. The Kier molecular flexibility index (Phi) is 9.65. The molecule has 0 bridgehead atoms. The lowest BCUT2D eigenvalue weighted by Crippen LogP contribution is -2.38. The number of hydrogen-bond acceptors (Lipinski definition) is 4. The molecule has 0 unspecified atom stereocenters. The first kappa shape index (κ1) is 24.3. The molecule has 0 aliphatic carbocycles. The molecule has 2 aliphatic heterocycles. The SMILES string of the molecule is CC#CC#CC#CC#CN1C(=O)/C(=C\N2C(=O)CCC2=O)C(=O)N1CCCCCCCC. The number of amides is 4. The van der Waals surface area contributed by atoms with Gasteiger partial charge in [0.05, 0.1) is 6.04 Å². The zero-order valence-electron chi connectivity index (χ0n) is 18.4. The van der Waals surface area contributed by atoms with E-state index in [1.54, 1.807) is 6.92 Å². The normalized spacial score (nSPS) is 16.2. The molecule has 2 saturated heterocycles. The lowest BCUT2D eigenvalue weighted by atomic mass is 10.1. The second-order valence-corrected chi connectivity index (χ2v) is 7.13. The Hall–Kier alpha value is -3.94. The van der Waals surface area contributed by atoms with E-state index in [1.807, 2.05) is 0 Å². The molecule has 0 aromatic heterocycles. The fraction of sp³-hybridized carbons (Fsp3) is 0.440. The van der Waals surface area contributed by atoms with Gasteiger partial charge in [0.2, 0.25) is 11.8 Å². The summed E-state index contributed by atoms with van der Waals surface area (Å²) in [4.78, 5) is 50.4. The highest BCUT2D eigenvalue weighted by molar-refractivity contribution is 6.23. The summed E-state index contributed by atoms with van der Waals surface area (Å²) in [5.41, 5.74) is -0.264. The number of carbonyl (C=O) groups excluding carboxylic acids is 4. The molecule has 7 nitrogen and oxygen atoms in total. The Morgan fingerprint density at radius 2 is 1.38 bits per heavy atom. The molecular weight excluding hydrogens is 406 g/mol.